The summed E-state index contributed by atoms with van der Waals surface area (Å²) in [7, 11) is 2.11. The van der Waals surface area contributed by atoms with Crippen LogP contribution in [0.4, 0.5) is 4.79 Å². The van der Waals surface area contributed by atoms with Gasteiger partial charge in [-0.2, -0.15) is 0 Å². The number of imide groups is 1. The van der Waals surface area contributed by atoms with Gasteiger partial charge in [0.05, 0.1) is 0 Å². The minimum absolute atomic E-state index is 0.0163. The number of aromatic nitrogens is 1. The van der Waals surface area contributed by atoms with E-state index in [9.17, 15) is 9.59 Å². The Bertz CT molecular complexity index is 915. The Balaban J connectivity index is 1.26. The molecule has 1 aromatic heterocycles. The van der Waals surface area contributed by atoms with Crippen molar-refractivity contribution in [3.63, 3.8) is 0 Å². The van der Waals surface area contributed by atoms with Crippen molar-refractivity contribution in [3.05, 3.63) is 36.0 Å². The third kappa shape index (κ3) is 2.58. The van der Waals surface area contributed by atoms with Crippen LogP contribution in [0.3, 0.4) is 0 Å². The third-order valence-electron chi connectivity index (χ3n) is 7.14. The maximum Gasteiger partial charge on any atom is 0.327 e. The molecule has 28 heavy (non-hydrogen) atoms. The van der Waals surface area contributed by atoms with E-state index in [1.54, 1.807) is 0 Å². The number of carbonyl (C=O) groups is 2. The maximum atomic E-state index is 12.5. The molecule has 2 aromatic rings. The van der Waals surface area contributed by atoms with Crippen LogP contribution in [0.2, 0.25) is 0 Å². The number of aryl methyl sites for hydroxylation is 1. The van der Waals surface area contributed by atoms with Crippen LogP contribution in [0.1, 0.15) is 31.7 Å². The number of carbonyl (C=O) groups excluding carboxylic acids is 2. The zero-order valence-corrected chi connectivity index (χ0v) is 16.7. The first kappa shape index (κ1) is 17.7. The number of piperidine rings is 1. The molecule has 3 amide bonds. The number of likely N-dealkylation sites (N-methyl/N-ethyl adjacent to an activating group) is 1. The van der Waals surface area contributed by atoms with Crippen LogP contribution in [0.15, 0.2) is 30.5 Å². The molecule has 3 aliphatic heterocycles. The second-order valence-electron chi connectivity index (χ2n) is 8.77. The van der Waals surface area contributed by atoms with E-state index in [0.29, 0.717) is 6.54 Å². The molecular formula is C22H28N4O2. The first-order valence-corrected chi connectivity index (χ1v) is 10.4. The van der Waals surface area contributed by atoms with Gasteiger partial charge in [0.1, 0.15) is 6.04 Å². The predicted molar refractivity (Wildman–Crippen MR) is 108 cm³/mol. The third-order valence-corrected chi connectivity index (χ3v) is 7.14. The smallest absolute Gasteiger partial charge is 0.327 e. The highest BCUT2D eigenvalue weighted by atomic mass is 16.2. The lowest BCUT2D eigenvalue weighted by Gasteiger charge is -2.39. The van der Waals surface area contributed by atoms with E-state index in [-0.39, 0.29) is 23.4 Å². The molecule has 3 fully saturated rings. The monoisotopic (exact) mass is 380 g/mol. The first-order valence-electron chi connectivity index (χ1n) is 10.4. The van der Waals surface area contributed by atoms with E-state index in [1.165, 1.54) is 21.4 Å². The number of hydrogen-bond acceptors (Lipinski definition) is 3. The van der Waals surface area contributed by atoms with Crippen molar-refractivity contribution >= 4 is 22.8 Å². The molecule has 3 saturated heterocycles. The molecule has 1 spiro atoms. The summed E-state index contributed by atoms with van der Waals surface area (Å²) in [5.41, 5.74) is 2.79. The number of likely N-dealkylation sites (tertiary alicyclic amines) is 1. The zero-order chi connectivity index (χ0) is 19.5. The Morgan fingerprint density at radius 2 is 1.89 bits per heavy atom. The second-order valence-corrected chi connectivity index (χ2v) is 8.77. The fourth-order valence-electron chi connectivity index (χ4n) is 5.54. The van der Waals surface area contributed by atoms with Gasteiger partial charge in [0.15, 0.2) is 0 Å². The van der Waals surface area contributed by atoms with Gasteiger partial charge in [0.25, 0.3) is 5.91 Å². The van der Waals surface area contributed by atoms with Crippen molar-refractivity contribution < 1.29 is 9.59 Å². The van der Waals surface area contributed by atoms with Gasteiger partial charge in [-0.3, -0.25) is 14.6 Å². The lowest BCUT2D eigenvalue weighted by Crippen LogP contribution is -2.43. The fourth-order valence-corrected chi connectivity index (χ4v) is 5.54. The van der Waals surface area contributed by atoms with Crippen molar-refractivity contribution in [1.82, 2.24) is 19.3 Å². The number of para-hydroxylation sites is 1. The number of nitrogens with zero attached hydrogens (tertiary/aromatic N) is 4. The molecule has 3 aliphatic rings. The van der Waals surface area contributed by atoms with Gasteiger partial charge in [0.2, 0.25) is 0 Å². The van der Waals surface area contributed by atoms with Crippen molar-refractivity contribution in [2.45, 2.75) is 38.8 Å². The lowest BCUT2D eigenvalue weighted by atomic mass is 9.76. The van der Waals surface area contributed by atoms with Gasteiger partial charge in [-0.25, -0.2) is 4.79 Å². The highest BCUT2D eigenvalue weighted by molar-refractivity contribution is 6.04. The standard InChI is InChI=1S/C22H28N4O2/c1-3-25-20(27)19-12-22(15-26(19)21(25)28)8-10-24(11-9-22)14-16-13-23(2)18-7-5-4-6-17(16)18/h4-7,13,19H,3,8-12,14-15H2,1-2H3. The second kappa shape index (κ2) is 6.34. The Hall–Kier alpha value is -2.34. The highest BCUT2D eigenvalue weighted by Gasteiger charge is 2.55. The Morgan fingerprint density at radius 3 is 2.61 bits per heavy atom. The van der Waals surface area contributed by atoms with Gasteiger partial charge < -0.3 is 9.47 Å². The molecule has 1 unspecified atom stereocenters. The van der Waals surface area contributed by atoms with Gasteiger partial charge in [-0.05, 0) is 56.3 Å². The number of rotatable bonds is 3. The Morgan fingerprint density at radius 1 is 1.14 bits per heavy atom. The molecule has 148 valence electrons. The molecule has 0 radical (unpaired) electrons. The van der Waals surface area contributed by atoms with E-state index in [4.69, 9.17) is 0 Å². The van der Waals surface area contributed by atoms with Crippen LogP contribution in [-0.4, -0.2) is 63.4 Å². The summed E-state index contributed by atoms with van der Waals surface area (Å²) in [6.07, 6.45) is 5.22. The van der Waals surface area contributed by atoms with Crippen LogP contribution in [0, 0.1) is 5.41 Å². The van der Waals surface area contributed by atoms with Crippen molar-refractivity contribution in [2.24, 2.45) is 12.5 Å². The van der Waals surface area contributed by atoms with Crippen molar-refractivity contribution in [1.29, 1.82) is 0 Å². The number of benzene rings is 1. The summed E-state index contributed by atoms with van der Waals surface area (Å²) in [5.74, 6) is 0.0163. The van der Waals surface area contributed by atoms with Gasteiger partial charge in [-0.1, -0.05) is 18.2 Å². The highest BCUT2D eigenvalue weighted by Crippen LogP contribution is 2.46. The summed E-state index contributed by atoms with van der Waals surface area (Å²) >= 11 is 0. The zero-order valence-electron chi connectivity index (χ0n) is 16.7. The fraction of sp³-hybridized carbons (Fsp3) is 0.545. The van der Waals surface area contributed by atoms with E-state index in [1.807, 2.05) is 11.8 Å². The molecule has 4 heterocycles. The Labute approximate surface area is 165 Å². The minimum atomic E-state index is -0.211. The summed E-state index contributed by atoms with van der Waals surface area (Å²) in [5, 5.41) is 1.34. The van der Waals surface area contributed by atoms with Gasteiger partial charge in [-0.15, -0.1) is 0 Å². The number of urea groups is 1. The van der Waals surface area contributed by atoms with Crippen LogP contribution < -0.4 is 0 Å². The lowest BCUT2D eigenvalue weighted by molar-refractivity contribution is -0.128. The average Bonchev–Trinajstić information content (AvgIpc) is 3.29. The van der Waals surface area contributed by atoms with E-state index in [0.717, 1.165) is 45.4 Å². The Kier molecular flexibility index (Phi) is 4.02. The molecule has 0 saturated carbocycles. The molecule has 5 rings (SSSR count). The summed E-state index contributed by atoms with van der Waals surface area (Å²) in [4.78, 5) is 30.8. The summed E-state index contributed by atoms with van der Waals surface area (Å²) in [6, 6.07) is 8.29. The number of amides is 3. The molecule has 0 N–H and O–H groups in total. The molecule has 6 nitrogen and oxygen atoms in total. The number of fused-ring (bicyclic) bond motifs is 2. The molecule has 6 heteroatoms. The maximum absolute atomic E-state index is 12.5. The van der Waals surface area contributed by atoms with E-state index < -0.39 is 0 Å². The minimum Gasteiger partial charge on any atom is -0.350 e. The van der Waals surface area contributed by atoms with Crippen LogP contribution in [0.25, 0.3) is 10.9 Å². The topological polar surface area (TPSA) is 48.8 Å². The number of hydrogen-bond donors (Lipinski definition) is 0. The van der Waals surface area contributed by atoms with Crippen LogP contribution in [-0.2, 0) is 18.4 Å². The molecule has 1 atom stereocenters. The van der Waals surface area contributed by atoms with Gasteiger partial charge >= 0.3 is 6.03 Å². The van der Waals surface area contributed by atoms with E-state index >= 15 is 0 Å². The average molecular weight is 380 g/mol. The quantitative estimate of drug-likeness (QED) is 0.770. The first-order chi connectivity index (χ1) is 13.5. The van der Waals surface area contributed by atoms with Gasteiger partial charge in [0, 0.05) is 43.8 Å². The normalized spacial score (nSPS) is 24.7. The summed E-state index contributed by atoms with van der Waals surface area (Å²) in [6.45, 7) is 6.14. The predicted octanol–water partition coefficient (Wildman–Crippen LogP) is 2.82. The van der Waals surface area contributed by atoms with E-state index in [2.05, 4.69) is 47.0 Å². The SMILES string of the molecule is CCN1C(=O)C2CC3(CCN(Cc4cn(C)c5ccccc45)CC3)CN2C1=O. The summed E-state index contributed by atoms with van der Waals surface area (Å²) < 4.78 is 2.21. The largest absolute Gasteiger partial charge is 0.350 e. The molecule has 0 bridgehead atoms. The van der Waals surface area contributed by atoms with Crippen molar-refractivity contribution in [3.8, 4) is 0 Å². The molecular weight excluding hydrogens is 352 g/mol. The van der Waals surface area contributed by atoms with Crippen molar-refractivity contribution in [2.75, 3.05) is 26.2 Å². The van der Waals surface area contributed by atoms with Crippen LogP contribution >= 0.6 is 0 Å². The molecule has 0 aliphatic carbocycles. The van der Waals surface area contributed by atoms with Crippen LogP contribution in [0.5, 0.6) is 0 Å². The molecule has 1 aromatic carbocycles.